The van der Waals surface area contributed by atoms with Crippen LogP contribution in [0.1, 0.15) is 50.8 Å². The molecule has 34 heavy (non-hydrogen) atoms. The van der Waals surface area contributed by atoms with Crippen molar-refractivity contribution in [1.82, 2.24) is 0 Å². The minimum absolute atomic E-state index is 0.221. The maximum Gasteiger partial charge on any atom is 0.340 e. The fourth-order valence-corrected chi connectivity index (χ4v) is 3.84. The summed E-state index contributed by atoms with van der Waals surface area (Å²) in [6, 6.07) is 11.3. The van der Waals surface area contributed by atoms with Crippen molar-refractivity contribution in [2.24, 2.45) is 0 Å². The Hall–Kier alpha value is -3.54. The van der Waals surface area contributed by atoms with Crippen LogP contribution in [-0.4, -0.2) is 31.7 Å². The summed E-state index contributed by atoms with van der Waals surface area (Å²) in [5.41, 5.74) is 4.75. The summed E-state index contributed by atoms with van der Waals surface area (Å²) in [7, 11) is 0. The summed E-state index contributed by atoms with van der Waals surface area (Å²) in [5, 5.41) is 0. The van der Waals surface area contributed by atoms with Crippen LogP contribution in [0.5, 0.6) is 11.5 Å². The lowest BCUT2D eigenvalue weighted by Crippen LogP contribution is -2.24. The zero-order valence-electron chi connectivity index (χ0n) is 20.9. The van der Waals surface area contributed by atoms with Crippen LogP contribution in [0.2, 0.25) is 0 Å². The molecule has 0 unspecified atom stereocenters. The van der Waals surface area contributed by atoms with Gasteiger partial charge in [0.05, 0.1) is 31.0 Å². The second kappa shape index (κ2) is 11.1. The van der Waals surface area contributed by atoms with Gasteiger partial charge in [0.15, 0.2) is 11.5 Å². The maximum atomic E-state index is 13.6. The van der Waals surface area contributed by atoms with E-state index >= 15 is 0 Å². The number of allylic oxidation sites excluding steroid dienone is 1. The average Bonchev–Trinajstić information content (AvgIpc) is 3.05. The summed E-state index contributed by atoms with van der Waals surface area (Å²) in [6.45, 7) is 12.8. The first-order valence-corrected chi connectivity index (χ1v) is 11.7. The van der Waals surface area contributed by atoms with Gasteiger partial charge in [0.1, 0.15) is 0 Å². The molecule has 180 valence electrons. The van der Waals surface area contributed by atoms with Crippen LogP contribution in [0.15, 0.2) is 53.2 Å². The molecule has 1 heterocycles. The predicted octanol–water partition coefficient (Wildman–Crippen LogP) is 5.76. The number of hydrogen-bond acceptors (Lipinski definition) is 5. The van der Waals surface area contributed by atoms with E-state index in [9.17, 15) is 9.59 Å². The number of carbonyl (C=O) groups excluding carboxylic acids is 2. The average molecular weight is 464 g/mol. The number of carbonyl (C=O) groups is 2. The van der Waals surface area contributed by atoms with Gasteiger partial charge in [-0.2, -0.15) is 0 Å². The first-order valence-electron chi connectivity index (χ1n) is 11.7. The number of aryl methyl sites for hydroxylation is 2. The van der Waals surface area contributed by atoms with Crippen LogP contribution in [0.25, 0.3) is 6.08 Å². The molecule has 2 aromatic rings. The highest BCUT2D eigenvalue weighted by molar-refractivity contribution is 6.23. The van der Waals surface area contributed by atoms with E-state index in [1.807, 2.05) is 64.1 Å². The van der Waals surface area contributed by atoms with Crippen molar-refractivity contribution >= 4 is 23.6 Å². The lowest BCUT2D eigenvalue weighted by atomic mass is 10.0. The van der Waals surface area contributed by atoms with Crippen molar-refractivity contribution in [3.63, 3.8) is 0 Å². The fraction of sp³-hybridized carbons (Fsp3) is 0.357. The van der Waals surface area contributed by atoms with Crippen LogP contribution in [0.4, 0.5) is 5.69 Å². The standard InChI is InChI=1S/C28H33NO5/c1-7-14-34-24-13-11-21(17-25(24)32-8-2)16-23-26(28(31)33-9-3)20(6)29(27(23)30)22-12-10-18(4)19(5)15-22/h10-13,15-17H,7-9,14H2,1-6H3/b23-16+. The zero-order valence-corrected chi connectivity index (χ0v) is 20.9. The van der Waals surface area contributed by atoms with Gasteiger partial charge in [-0.05, 0) is 88.1 Å². The van der Waals surface area contributed by atoms with Crippen LogP contribution < -0.4 is 14.4 Å². The maximum absolute atomic E-state index is 13.6. The van der Waals surface area contributed by atoms with E-state index in [-0.39, 0.29) is 18.1 Å². The van der Waals surface area contributed by atoms with Gasteiger partial charge in [-0.1, -0.05) is 19.1 Å². The topological polar surface area (TPSA) is 65.1 Å². The summed E-state index contributed by atoms with van der Waals surface area (Å²) >= 11 is 0. The molecule has 0 aromatic heterocycles. The third-order valence-corrected chi connectivity index (χ3v) is 5.67. The summed E-state index contributed by atoms with van der Waals surface area (Å²) in [4.78, 5) is 28.1. The Kier molecular flexibility index (Phi) is 8.16. The van der Waals surface area contributed by atoms with Crippen molar-refractivity contribution in [3.05, 3.63) is 69.9 Å². The SMILES string of the molecule is CCCOc1ccc(/C=C2/C(=O)N(c3ccc(C)c(C)c3)C(C)=C2C(=O)OCC)cc1OCC. The molecule has 0 radical (unpaired) electrons. The first kappa shape index (κ1) is 25.1. The van der Waals surface area contributed by atoms with Crippen LogP contribution in [0.3, 0.4) is 0 Å². The number of benzene rings is 2. The van der Waals surface area contributed by atoms with Gasteiger partial charge in [0.25, 0.3) is 5.91 Å². The molecule has 2 aromatic carbocycles. The molecule has 0 N–H and O–H groups in total. The molecule has 3 rings (SSSR count). The number of esters is 1. The molecule has 1 amide bonds. The van der Waals surface area contributed by atoms with Crippen molar-refractivity contribution < 1.29 is 23.8 Å². The van der Waals surface area contributed by atoms with E-state index in [2.05, 4.69) is 0 Å². The van der Waals surface area contributed by atoms with Gasteiger partial charge in [0.2, 0.25) is 0 Å². The Morgan fingerprint density at radius 1 is 0.912 bits per heavy atom. The molecule has 0 spiro atoms. The monoisotopic (exact) mass is 463 g/mol. The highest BCUT2D eigenvalue weighted by Gasteiger charge is 2.38. The Bertz CT molecular complexity index is 1150. The molecule has 0 saturated carbocycles. The minimum Gasteiger partial charge on any atom is -0.490 e. The molecule has 0 atom stereocenters. The highest BCUT2D eigenvalue weighted by Crippen LogP contribution is 2.37. The van der Waals surface area contributed by atoms with Gasteiger partial charge >= 0.3 is 5.97 Å². The fourth-order valence-electron chi connectivity index (χ4n) is 3.84. The van der Waals surface area contributed by atoms with E-state index < -0.39 is 5.97 Å². The Morgan fingerprint density at radius 3 is 2.32 bits per heavy atom. The van der Waals surface area contributed by atoms with Crippen LogP contribution in [0, 0.1) is 13.8 Å². The second-order valence-corrected chi connectivity index (χ2v) is 8.14. The third-order valence-electron chi connectivity index (χ3n) is 5.67. The number of anilines is 1. The Labute approximate surface area is 201 Å². The number of amides is 1. The zero-order chi connectivity index (χ0) is 24.8. The second-order valence-electron chi connectivity index (χ2n) is 8.14. The first-order chi connectivity index (χ1) is 16.3. The molecular formula is C28H33NO5. The van der Waals surface area contributed by atoms with Crippen molar-refractivity contribution in [2.75, 3.05) is 24.7 Å². The minimum atomic E-state index is -0.515. The molecular weight excluding hydrogens is 430 g/mol. The summed E-state index contributed by atoms with van der Waals surface area (Å²) in [5.74, 6) is 0.463. The van der Waals surface area contributed by atoms with Gasteiger partial charge in [-0.15, -0.1) is 0 Å². The largest absolute Gasteiger partial charge is 0.490 e. The van der Waals surface area contributed by atoms with E-state index in [4.69, 9.17) is 14.2 Å². The van der Waals surface area contributed by atoms with Crippen molar-refractivity contribution in [3.8, 4) is 11.5 Å². The molecule has 6 heteroatoms. The normalized spacial score (nSPS) is 14.7. The van der Waals surface area contributed by atoms with Crippen molar-refractivity contribution in [1.29, 1.82) is 0 Å². The summed E-state index contributed by atoms with van der Waals surface area (Å²) in [6.07, 6.45) is 2.60. The molecule has 0 saturated heterocycles. The highest BCUT2D eigenvalue weighted by atomic mass is 16.5. The molecule has 1 aliphatic heterocycles. The molecule has 0 fully saturated rings. The van der Waals surface area contributed by atoms with Crippen molar-refractivity contribution in [2.45, 2.75) is 48.0 Å². The molecule has 1 aliphatic rings. The number of hydrogen-bond donors (Lipinski definition) is 0. The summed E-state index contributed by atoms with van der Waals surface area (Å²) < 4.78 is 16.9. The smallest absolute Gasteiger partial charge is 0.340 e. The van der Waals surface area contributed by atoms with E-state index in [1.165, 1.54) is 0 Å². The van der Waals surface area contributed by atoms with E-state index in [0.717, 1.165) is 23.1 Å². The van der Waals surface area contributed by atoms with Gasteiger partial charge < -0.3 is 14.2 Å². The molecule has 6 nitrogen and oxygen atoms in total. The van der Waals surface area contributed by atoms with E-state index in [1.54, 1.807) is 24.8 Å². The van der Waals surface area contributed by atoms with Crippen LogP contribution in [-0.2, 0) is 14.3 Å². The Balaban J connectivity index is 2.09. The number of ether oxygens (including phenoxy) is 3. The molecule has 0 bridgehead atoms. The van der Waals surface area contributed by atoms with Crippen LogP contribution >= 0.6 is 0 Å². The third kappa shape index (κ3) is 5.16. The van der Waals surface area contributed by atoms with E-state index in [0.29, 0.717) is 41.7 Å². The lowest BCUT2D eigenvalue weighted by molar-refractivity contribution is -0.138. The molecule has 0 aliphatic carbocycles. The number of rotatable bonds is 9. The Morgan fingerprint density at radius 2 is 1.68 bits per heavy atom. The van der Waals surface area contributed by atoms with Gasteiger partial charge in [0, 0.05) is 11.4 Å². The predicted molar refractivity (Wildman–Crippen MR) is 134 cm³/mol. The lowest BCUT2D eigenvalue weighted by Gasteiger charge is -2.19. The number of nitrogens with zero attached hydrogens (tertiary/aromatic N) is 1. The van der Waals surface area contributed by atoms with Gasteiger partial charge in [-0.25, -0.2) is 4.79 Å². The van der Waals surface area contributed by atoms with Gasteiger partial charge in [-0.3, -0.25) is 9.69 Å². The quantitative estimate of drug-likeness (QED) is 0.350.